The summed E-state index contributed by atoms with van der Waals surface area (Å²) >= 11 is 7.54. The number of carbonyl (C=O) groups is 1. The van der Waals surface area contributed by atoms with Gasteiger partial charge in [-0.15, -0.1) is 11.3 Å². The Morgan fingerprint density at radius 3 is 2.70 bits per heavy atom. The molecule has 0 aliphatic carbocycles. The SMILES string of the molecule is Cc1cccc2cc(C(=O)NC3CCN(c4ccncc4)CC3)n(Cc3cc(-c4ccc(Cl)s4)on3)c12. The summed E-state index contributed by atoms with van der Waals surface area (Å²) in [5.74, 6) is 0.610. The van der Waals surface area contributed by atoms with Crippen LogP contribution in [-0.2, 0) is 6.54 Å². The zero-order valence-electron chi connectivity index (χ0n) is 20.4. The number of fused-ring (bicyclic) bond motifs is 1. The van der Waals surface area contributed by atoms with Gasteiger partial charge in [0.05, 0.1) is 21.3 Å². The Hall–Kier alpha value is -3.62. The molecule has 7 nitrogen and oxygen atoms in total. The van der Waals surface area contributed by atoms with Crippen molar-refractivity contribution in [3.8, 4) is 10.6 Å². The normalized spacial score (nSPS) is 14.4. The molecule has 1 saturated heterocycles. The molecule has 1 aliphatic heterocycles. The van der Waals surface area contributed by atoms with E-state index in [9.17, 15) is 4.79 Å². The third-order valence-electron chi connectivity index (χ3n) is 6.91. The Labute approximate surface area is 223 Å². The van der Waals surface area contributed by atoms with Gasteiger partial charge < -0.3 is 19.3 Å². The van der Waals surface area contributed by atoms with E-state index in [0.29, 0.717) is 22.3 Å². The molecule has 0 radical (unpaired) electrons. The Morgan fingerprint density at radius 1 is 1.14 bits per heavy atom. The highest BCUT2D eigenvalue weighted by atomic mass is 35.5. The van der Waals surface area contributed by atoms with Crippen LogP contribution in [0.15, 0.2) is 71.5 Å². The first-order valence-electron chi connectivity index (χ1n) is 12.3. The largest absolute Gasteiger partial charge is 0.371 e. The van der Waals surface area contributed by atoms with Gasteiger partial charge in [-0.25, -0.2) is 0 Å². The van der Waals surface area contributed by atoms with Crippen molar-refractivity contribution in [1.82, 2.24) is 20.0 Å². The predicted molar refractivity (Wildman–Crippen MR) is 148 cm³/mol. The summed E-state index contributed by atoms with van der Waals surface area (Å²) in [6.45, 7) is 4.29. The molecule has 1 aliphatic rings. The van der Waals surface area contributed by atoms with E-state index < -0.39 is 0 Å². The molecule has 0 atom stereocenters. The van der Waals surface area contributed by atoms with E-state index in [4.69, 9.17) is 16.1 Å². The van der Waals surface area contributed by atoms with Crippen LogP contribution < -0.4 is 10.2 Å². The summed E-state index contributed by atoms with van der Waals surface area (Å²) < 4.78 is 8.35. The van der Waals surface area contributed by atoms with Crippen LogP contribution in [0.3, 0.4) is 0 Å². The molecular weight excluding hydrogens is 506 g/mol. The van der Waals surface area contributed by atoms with Crippen molar-refractivity contribution in [3.63, 3.8) is 0 Å². The molecule has 5 heterocycles. The molecule has 37 heavy (non-hydrogen) atoms. The summed E-state index contributed by atoms with van der Waals surface area (Å²) in [6.07, 6.45) is 5.42. The summed E-state index contributed by atoms with van der Waals surface area (Å²) in [5.41, 5.74) is 4.69. The van der Waals surface area contributed by atoms with E-state index in [1.807, 2.05) is 60.9 Å². The first-order valence-corrected chi connectivity index (χ1v) is 13.5. The maximum atomic E-state index is 13.6. The zero-order valence-corrected chi connectivity index (χ0v) is 21.9. The van der Waals surface area contributed by atoms with Gasteiger partial charge in [0.1, 0.15) is 11.4 Å². The smallest absolute Gasteiger partial charge is 0.268 e. The summed E-state index contributed by atoms with van der Waals surface area (Å²) in [7, 11) is 0. The number of aryl methyl sites for hydroxylation is 1. The number of carbonyl (C=O) groups excluding carboxylic acids is 1. The number of benzene rings is 1. The van der Waals surface area contributed by atoms with Crippen LogP contribution in [0.25, 0.3) is 21.5 Å². The molecule has 1 amide bonds. The molecule has 9 heteroatoms. The third-order valence-corrected chi connectivity index (χ3v) is 8.15. The molecule has 188 valence electrons. The number of piperidine rings is 1. The van der Waals surface area contributed by atoms with Crippen molar-refractivity contribution in [2.45, 2.75) is 32.4 Å². The van der Waals surface area contributed by atoms with Crippen molar-refractivity contribution >= 4 is 45.4 Å². The lowest BCUT2D eigenvalue weighted by atomic mass is 10.0. The number of halogens is 1. The van der Waals surface area contributed by atoms with E-state index in [1.165, 1.54) is 17.0 Å². The average molecular weight is 532 g/mol. The molecule has 4 aromatic heterocycles. The molecule has 5 aromatic rings. The molecule has 1 aromatic carbocycles. The maximum Gasteiger partial charge on any atom is 0.268 e. The number of amides is 1. The van der Waals surface area contributed by atoms with Gasteiger partial charge in [-0.3, -0.25) is 9.78 Å². The molecule has 1 fully saturated rings. The second-order valence-electron chi connectivity index (χ2n) is 9.35. The van der Waals surface area contributed by atoms with E-state index in [1.54, 1.807) is 0 Å². The minimum absolute atomic E-state index is 0.0632. The minimum Gasteiger partial charge on any atom is -0.371 e. The average Bonchev–Trinajstić information content (AvgIpc) is 3.65. The fourth-order valence-electron chi connectivity index (χ4n) is 5.07. The van der Waals surface area contributed by atoms with Crippen LogP contribution in [0.5, 0.6) is 0 Å². The topological polar surface area (TPSA) is 76.2 Å². The van der Waals surface area contributed by atoms with Crippen LogP contribution >= 0.6 is 22.9 Å². The van der Waals surface area contributed by atoms with Crippen molar-refractivity contribution in [1.29, 1.82) is 0 Å². The minimum atomic E-state index is -0.0632. The van der Waals surface area contributed by atoms with Crippen LogP contribution in [-0.4, -0.2) is 39.7 Å². The van der Waals surface area contributed by atoms with Crippen LogP contribution in [0.1, 0.15) is 34.6 Å². The fraction of sp³-hybridized carbons (Fsp3) is 0.250. The van der Waals surface area contributed by atoms with Crippen molar-refractivity contribution in [2.75, 3.05) is 18.0 Å². The standard InChI is InChI=1S/C28H26ClN5O2S/c1-18-3-2-4-19-15-23(28(35)31-20-9-13-33(14-10-20)22-7-11-30-12-8-22)34(27(18)19)17-21-16-24(36-32-21)25-5-6-26(29)37-25/h2-8,11-12,15-16,20H,9-10,13-14,17H2,1H3,(H,31,35). The highest BCUT2D eigenvalue weighted by Gasteiger charge is 2.24. The van der Waals surface area contributed by atoms with E-state index in [0.717, 1.165) is 53.0 Å². The van der Waals surface area contributed by atoms with Gasteiger partial charge in [0.2, 0.25) is 0 Å². The Kier molecular flexibility index (Phi) is 6.44. The zero-order chi connectivity index (χ0) is 25.4. The lowest BCUT2D eigenvalue weighted by Crippen LogP contribution is -2.45. The monoisotopic (exact) mass is 531 g/mol. The second kappa shape index (κ2) is 10.0. The predicted octanol–water partition coefficient (Wildman–Crippen LogP) is 6.16. The number of anilines is 1. The third kappa shape index (κ3) is 4.86. The van der Waals surface area contributed by atoms with E-state index >= 15 is 0 Å². The molecule has 0 bridgehead atoms. The maximum absolute atomic E-state index is 13.6. The number of hydrogen-bond acceptors (Lipinski definition) is 6. The van der Waals surface area contributed by atoms with Gasteiger partial charge in [0.15, 0.2) is 5.76 Å². The van der Waals surface area contributed by atoms with Gasteiger partial charge in [-0.1, -0.05) is 35.0 Å². The molecule has 1 N–H and O–H groups in total. The van der Waals surface area contributed by atoms with Crippen LogP contribution in [0.4, 0.5) is 5.69 Å². The fourth-order valence-corrected chi connectivity index (χ4v) is 6.06. The Morgan fingerprint density at radius 2 is 1.95 bits per heavy atom. The van der Waals surface area contributed by atoms with Crippen molar-refractivity contribution in [2.24, 2.45) is 0 Å². The number of aromatic nitrogens is 3. The number of nitrogens with zero attached hydrogens (tertiary/aromatic N) is 4. The molecule has 0 saturated carbocycles. The van der Waals surface area contributed by atoms with Gasteiger partial charge in [-0.2, -0.15) is 0 Å². The summed E-state index contributed by atoms with van der Waals surface area (Å²) in [6, 6.07) is 18.0. The Balaban J connectivity index is 1.23. The Bertz CT molecular complexity index is 1550. The van der Waals surface area contributed by atoms with Crippen molar-refractivity contribution in [3.05, 3.63) is 88.3 Å². The molecule has 0 unspecified atom stereocenters. The van der Waals surface area contributed by atoms with Gasteiger partial charge in [0.25, 0.3) is 5.91 Å². The lowest BCUT2D eigenvalue weighted by Gasteiger charge is -2.33. The summed E-state index contributed by atoms with van der Waals surface area (Å²) in [5, 5.41) is 8.62. The van der Waals surface area contributed by atoms with Gasteiger partial charge in [0, 0.05) is 48.7 Å². The van der Waals surface area contributed by atoms with E-state index in [-0.39, 0.29) is 11.9 Å². The first kappa shape index (κ1) is 23.8. The van der Waals surface area contributed by atoms with E-state index in [2.05, 4.69) is 37.9 Å². The van der Waals surface area contributed by atoms with Gasteiger partial charge >= 0.3 is 0 Å². The molecule has 6 rings (SSSR count). The molecule has 0 spiro atoms. The number of nitrogens with one attached hydrogen (secondary N) is 1. The first-order chi connectivity index (χ1) is 18.0. The van der Waals surface area contributed by atoms with Crippen LogP contribution in [0.2, 0.25) is 4.34 Å². The number of para-hydroxylation sites is 1. The number of hydrogen-bond donors (Lipinski definition) is 1. The lowest BCUT2D eigenvalue weighted by molar-refractivity contribution is 0.0922. The second-order valence-corrected chi connectivity index (χ2v) is 11.1. The highest BCUT2D eigenvalue weighted by Crippen LogP contribution is 2.32. The number of pyridine rings is 1. The number of thiophene rings is 1. The van der Waals surface area contributed by atoms with Crippen molar-refractivity contribution < 1.29 is 9.32 Å². The van der Waals surface area contributed by atoms with Crippen LogP contribution in [0, 0.1) is 6.92 Å². The number of rotatable bonds is 6. The molecular formula is C28H26ClN5O2S. The highest BCUT2D eigenvalue weighted by molar-refractivity contribution is 7.19. The summed E-state index contributed by atoms with van der Waals surface area (Å²) in [4.78, 5) is 20.9. The quantitative estimate of drug-likeness (QED) is 0.284. The van der Waals surface area contributed by atoms with Gasteiger partial charge in [-0.05, 0) is 55.7 Å².